The fourth-order valence-electron chi connectivity index (χ4n) is 3.05. The number of carbonyl (C=O) groups excluding carboxylic acids is 1. The van der Waals surface area contributed by atoms with Crippen molar-refractivity contribution < 1.29 is 13.6 Å². The first-order valence-corrected chi connectivity index (χ1v) is 7.62. The van der Waals surface area contributed by atoms with E-state index in [0.29, 0.717) is 16.9 Å². The van der Waals surface area contributed by atoms with Gasteiger partial charge in [0, 0.05) is 35.4 Å². The molecule has 0 unspecified atom stereocenters. The number of benzene rings is 2. The second-order valence-corrected chi connectivity index (χ2v) is 5.82. The number of hydrogen-bond acceptors (Lipinski definition) is 4. The zero-order valence-electron chi connectivity index (χ0n) is 13.3. The van der Waals surface area contributed by atoms with Crippen molar-refractivity contribution in [1.82, 2.24) is 0 Å². The van der Waals surface area contributed by atoms with Crippen LogP contribution in [0.25, 0.3) is 33.1 Å². The zero-order chi connectivity index (χ0) is 16.8. The van der Waals surface area contributed by atoms with E-state index in [0.717, 1.165) is 27.5 Å². The molecule has 0 N–H and O–H groups in total. The smallest absolute Gasteiger partial charge is 0.336 e. The lowest BCUT2D eigenvalue weighted by Crippen LogP contribution is -1.97. The standard InChI is InChI=1S/C20H14O4/c1-11-8-18(22)23-16-10-17-15(9-14(11)16)19(20(24-17)12(2)21)13-6-4-3-5-7-13/h3-10H,1-2H3. The number of rotatable bonds is 2. The van der Waals surface area contributed by atoms with Gasteiger partial charge in [-0.1, -0.05) is 30.3 Å². The maximum absolute atomic E-state index is 12.1. The van der Waals surface area contributed by atoms with E-state index in [4.69, 9.17) is 8.83 Å². The molecule has 4 rings (SSSR count). The maximum Gasteiger partial charge on any atom is 0.336 e. The SMILES string of the molecule is CC(=O)c1oc2cc3oc(=O)cc(C)c3cc2c1-c1ccccc1. The summed E-state index contributed by atoms with van der Waals surface area (Å²) in [5, 5.41) is 1.66. The van der Waals surface area contributed by atoms with Gasteiger partial charge in [0.15, 0.2) is 11.5 Å². The summed E-state index contributed by atoms with van der Waals surface area (Å²) in [6, 6.07) is 14.7. The first-order chi connectivity index (χ1) is 11.5. The molecule has 2 aromatic heterocycles. The fraction of sp³-hybridized carbons (Fsp3) is 0.100. The van der Waals surface area contributed by atoms with Crippen molar-refractivity contribution in [2.45, 2.75) is 13.8 Å². The Labute approximate surface area is 137 Å². The van der Waals surface area contributed by atoms with E-state index in [2.05, 4.69) is 0 Å². The van der Waals surface area contributed by atoms with Gasteiger partial charge in [-0.05, 0) is 24.1 Å². The van der Waals surface area contributed by atoms with Crippen LogP contribution in [-0.4, -0.2) is 5.78 Å². The van der Waals surface area contributed by atoms with Gasteiger partial charge in [-0.3, -0.25) is 4.79 Å². The van der Waals surface area contributed by atoms with Crippen LogP contribution in [0.1, 0.15) is 23.0 Å². The highest BCUT2D eigenvalue weighted by atomic mass is 16.4. The molecule has 0 spiro atoms. The molecule has 0 bridgehead atoms. The van der Waals surface area contributed by atoms with Crippen molar-refractivity contribution in [1.29, 1.82) is 0 Å². The summed E-state index contributed by atoms with van der Waals surface area (Å²) in [4.78, 5) is 23.6. The Kier molecular flexibility index (Phi) is 3.13. The Bertz CT molecular complexity index is 1150. The third-order valence-corrected chi connectivity index (χ3v) is 4.14. The topological polar surface area (TPSA) is 60.4 Å². The van der Waals surface area contributed by atoms with Gasteiger partial charge in [-0.2, -0.15) is 0 Å². The minimum absolute atomic E-state index is 0.146. The number of carbonyl (C=O) groups is 1. The minimum Gasteiger partial charge on any atom is -0.452 e. The number of hydrogen-bond donors (Lipinski definition) is 0. The molecule has 0 fully saturated rings. The number of fused-ring (bicyclic) bond motifs is 2. The summed E-state index contributed by atoms with van der Waals surface area (Å²) in [5.74, 6) is 0.166. The van der Waals surface area contributed by atoms with E-state index in [-0.39, 0.29) is 5.78 Å². The first kappa shape index (κ1) is 14.5. The molecule has 0 aliphatic rings. The molecule has 0 aliphatic heterocycles. The summed E-state index contributed by atoms with van der Waals surface area (Å²) < 4.78 is 11.1. The van der Waals surface area contributed by atoms with Gasteiger partial charge < -0.3 is 8.83 Å². The molecule has 4 heteroatoms. The molecule has 0 saturated heterocycles. The van der Waals surface area contributed by atoms with Gasteiger partial charge in [0.25, 0.3) is 0 Å². The van der Waals surface area contributed by atoms with E-state index in [1.807, 2.05) is 43.3 Å². The van der Waals surface area contributed by atoms with Crippen LogP contribution in [-0.2, 0) is 0 Å². The van der Waals surface area contributed by atoms with Crippen molar-refractivity contribution in [3.63, 3.8) is 0 Å². The molecule has 0 atom stereocenters. The highest BCUT2D eigenvalue weighted by Gasteiger charge is 2.20. The second kappa shape index (κ2) is 5.20. The molecule has 0 radical (unpaired) electrons. The first-order valence-electron chi connectivity index (χ1n) is 7.62. The summed E-state index contributed by atoms with van der Waals surface area (Å²) in [6.07, 6.45) is 0. The monoisotopic (exact) mass is 318 g/mol. The molecular formula is C20H14O4. The molecular weight excluding hydrogens is 304 g/mol. The quantitative estimate of drug-likeness (QED) is 0.396. The lowest BCUT2D eigenvalue weighted by molar-refractivity contribution is 0.0990. The lowest BCUT2D eigenvalue weighted by Gasteiger charge is -2.03. The van der Waals surface area contributed by atoms with Crippen LogP contribution in [0, 0.1) is 6.92 Å². The summed E-state index contributed by atoms with van der Waals surface area (Å²) in [7, 11) is 0. The van der Waals surface area contributed by atoms with Gasteiger partial charge in [-0.15, -0.1) is 0 Å². The Balaban J connectivity index is 2.17. The van der Waals surface area contributed by atoms with Crippen LogP contribution in [0.4, 0.5) is 0 Å². The molecule has 4 aromatic rings. The van der Waals surface area contributed by atoms with Crippen LogP contribution in [0.15, 0.2) is 62.2 Å². The molecule has 4 nitrogen and oxygen atoms in total. The Morgan fingerprint density at radius 2 is 1.62 bits per heavy atom. The molecule has 0 amide bonds. The van der Waals surface area contributed by atoms with Gasteiger partial charge in [-0.25, -0.2) is 4.79 Å². The van der Waals surface area contributed by atoms with Crippen LogP contribution >= 0.6 is 0 Å². The Morgan fingerprint density at radius 1 is 0.917 bits per heavy atom. The molecule has 0 aliphatic carbocycles. The van der Waals surface area contributed by atoms with Crippen LogP contribution < -0.4 is 5.63 Å². The second-order valence-electron chi connectivity index (χ2n) is 5.82. The van der Waals surface area contributed by atoms with E-state index in [1.54, 1.807) is 6.07 Å². The van der Waals surface area contributed by atoms with Crippen LogP contribution in [0.3, 0.4) is 0 Å². The van der Waals surface area contributed by atoms with Gasteiger partial charge in [0.1, 0.15) is 11.2 Å². The highest BCUT2D eigenvalue weighted by Crippen LogP contribution is 2.37. The van der Waals surface area contributed by atoms with Crippen molar-refractivity contribution in [2.75, 3.05) is 0 Å². The van der Waals surface area contributed by atoms with Crippen molar-refractivity contribution in [2.24, 2.45) is 0 Å². The Hall–Kier alpha value is -3.14. The third kappa shape index (κ3) is 2.15. The summed E-state index contributed by atoms with van der Waals surface area (Å²) in [6.45, 7) is 3.34. The fourth-order valence-corrected chi connectivity index (χ4v) is 3.05. The predicted octanol–water partition coefficient (Wildman–Crippen LogP) is 4.72. The van der Waals surface area contributed by atoms with Gasteiger partial charge in [0.05, 0.1) is 0 Å². The number of Topliss-reactive ketones (excluding diaryl/α,β-unsaturated/α-hetero) is 1. The van der Waals surface area contributed by atoms with E-state index >= 15 is 0 Å². The number of ketones is 1. The lowest BCUT2D eigenvalue weighted by atomic mass is 9.99. The summed E-state index contributed by atoms with van der Waals surface area (Å²) >= 11 is 0. The van der Waals surface area contributed by atoms with Crippen LogP contribution in [0.2, 0.25) is 0 Å². The Morgan fingerprint density at radius 3 is 2.33 bits per heavy atom. The molecule has 24 heavy (non-hydrogen) atoms. The average Bonchev–Trinajstić information content (AvgIpc) is 2.92. The third-order valence-electron chi connectivity index (χ3n) is 4.14. The predicted molar refractivity (Wildman–Crippen MR) is 92.4 cm³/mol. The van der Waals surface area contributed by atoms with Crippen molar-refractivity contribution in [3.8, 4) is 11.1 Å². The molecule has 0 saturated carbocycles. The van der Waals surface area contributed by atoms with Crippen molar-refractivity contribution >= 4 is 27.7 Å². The van der Waals surface area contributed by atoms with E-state index in [1.165, 1.54) is 13.0 Å². The van der Waals surface area contributed by atoms with E-state index in [9.17, 15) is 9.59 Å². The van der Waals surface area contributed by atoms with Crippen molar-refractivity contribution in [3.05, 3.63) is 70.3 Å². The largest absolute Gasteiger partial charge is 0.452 e. The van der Waals surface area contributed by atoms with E-state index < -0.39 is 5.63 Å². The number of aryl methyl sites for hydroxylation is 1. The van der Waals surface area contributed by atoms with Gasteiger partial charge >= 0.3 is 5.63 Å². The van der Waals surface area contributed by atoms with Gasteiger partial charge in [0.2, 0.25) is 0 Å². The highest BCUT2D eigenvalue weighted by molar-refractivity contribution is 6.10. The average molecular weight is 318 g/mol. The maximum atomic E-state index is 12.1. The van der Waals surface area contributed by atoms with Crippen LogP contribution in [0.5, 0.6) is 0 Å². The normalized spacial score (nSPS) is 11.2. The molecule has 118 valence electrons. The number of furan rings is 1. The molecule has 2 heterocycles. The zero-order valence-corrected chi connectivity index (χ0v) is 13.3. The molecule has 2 aromatic carbocycles. The summed E-state index contributed by atoms with van der Waals surface area (Å²) in [5.41, 5.74) is 3.09. The minimum atomic E-state index is -0.402.